The molecule has 13 heteroatoms. The lowest BCUT2D eigenvalue weighted by Crippen LogP contribution is -2.62. The fourth-order valence-corrected chi connectivity index (χ4v) is 6.84. The second-order valence-corrected chi connectivity index (χ2v) is 12.6. The summed E-state index contributed by atoms with van der Waals surface area (Å²) in [6, 6.07) is 7.73. The molecule has 5 rings (SSSR count). The van der Waals surface area contributed by atoms with Crippen LogP contribution < -0.4 is 9.64 Å². The van der Waals surface area contributed by atoms with E-state index >= 15 is 0 Å². The number of ether oxygens (including phenoxy) is 1. The van der Waals surface area contributed by atoms with Gasteiger partial charge in [-0.15, -0.1) is 11.8 Å². The van der Waals surface area contributed by atoms with Gasteiger partial charge in [-0.05, 0) is 73.8 Å². The van der Waals surface area contributed by atoms with Gasteiger partial charge in [0.05, 0.1) is 11.3 Å². The number of fused-ring (bicyclic) bond motifs is 1. The van der Waals surface area contributed by atoms with Gasteiger partial charge in [-0.3, -0.25) is 4.79 Å². The van der Waals surface area contributed by atoms with E-state index in [9.17, 15) is 45.0 Å². The molecule has 0 aromatic heterocycles. The van der Waals surface area contributed by atoms with Crippen LogP contribution >= 0.6 is 11.8 Å². The summed E-state index contributed by atoms with van der Waals surface area (Å²) in [6.45, 7) is 2.26. The second kappa shape index (κ2) is 11.4. The Balaban J connectivity index is 0.000000612. The smallest absolute Gasteiger partial charge is 0.420 e. The third-order valence-electron chi connectivity index (χ3n) is 7.85. The zero-order valence-corrected chi connectivity index (χ0v) is 23.8. The quantitative estimate of drug-likeness (QED) is 0.325. The first-order valence-electron chi connectivity index (χ1n) is 13.4. The highest BCUT2D eigenvalue weighted by atomic mass is 32.2. The number of rotatable bonds is 6. The maximum absolute atomic E-state index is 14.1. The van der Waals surface area contributed by atoms with Crippen LogP contribution in [-0.4, -0.2) is 41.8 Å². The molecule has 1 spiro atoms. The molecule has 42 heavy (non-hydrogen) atoms. The van der Waals surface area contributed by atoms with Crippen molar-refractivity contribution in [3.8, 4) is 5.75 Å². The van der Waals surface area contributed by atoms with Gasteiger partial charge in [0.1, 0.15) is 23.6 Å². The number of alkyl halides is 7. The number of halogens is 8. The Morgan fingerprint density at radius 3 is 2.14 bits per heavy atom. The molecular formula is C29H31F8NO3S. The highest BCUT2D eigenvalue weighted by Gasteiger charge is 2.69. The molecule has 2 aliphatic carbocycles. The number of carboxylic acid groups (broad SMARTS) is 1. The van der Waals surface area contributed by atoms with Crippen molar-refractivity contribution in [3.05, 3.63) is 47.8 Å². The van der Waals surface area contributed by atoms with E-state index in [-0.39, 0.29) is 19.3 Å². The third-order valence-corrected chi connectivity index (χ3v) is 8.98. The molecule has 4 nitrogen and oxygen atoms in total. The molecule has 2 fully saturated rings. The van der Waals surface area contributed by atoms with E-state index in [1.807, 2.05) is 0 Å². The van der Waals surface area contributed by atoms with E-state index in [0.717, 1.165) is 13.0 Å². The monoisotopic (exact) mass is 625 g/mol. The Kier molecular flexibility index (Phi) is 8.76. The van der Waals surface area contributed by atoms with Crippen LogP contribution in [0.3, 0.4) is 0 Å². The van der Waals surface area contributed by atoms with Crippen LogP contribution in [0.1, 0.15) is 57.9 Å². The van der Waals surface area contributed by atoms with Crippen molar-refractivity contribution >= 4 is 29.1 Å². The minimum atomic E-state index is -4.79. The second-order valence-electron chi connectivity index (χ2n) is 11.5. The topological polar surface area (TPSA) is 49.8 Å². The van der Waals surface area contributed by atoms with Gasteiger partial charge in [-0.25, -0.2) is 22.0 Å². The predicted molar refractivity (Wildman–Crippen MR) is 143 cm³/mol. The molecule has 0 atom stereocenters. The van der Waals surface area contributed by atoms with Gasteiger partial charge >= 0.3 is 12.1 Å². The maximum Gasteiger partial charge on any atom is 0.420 e. The van der Waals surface area contributed by atoms with Gasteiger partial charge in [0.2, 0.25) is 11.8 Å². The van der Waals surface area contributed by atoms with Crippen LogP contribution in [0, 0.1) is 16.6 Å². The van der Waals surface area contributed by atoms with Crippen LogP contribution in [0.25, 0.3) is 0 Å². The van der Waals surface area contributed by atoms with E-state index in [1.165, 1.54) is 49.0 Å². The molecule has 2 saturated carbocycles. The molecule has 3 aliphatic rings. The average molecular weight is 626 g/mol. The number of nitrogens with zero attached hydrogens (tertiary/aromatic N) is 1. The number of anilines is 2. The van der Waals surface area contributed by atoms with E-state index in [0.29, 0.717) is 35.0 Å². The minimum absolute atomic E-state index is 0.0513. The maximum atomic E-state index is 14.1. The van der Waals surface area contributed by atoms with Crippen LogP contribution in [0.15, 0.2) is 41.3 Å². The Morgan fingerprint density at radius 1 is 1.05 bits per heavy atom. The van der Waals surface area contributed by atoms with Crippen LogP contribution in [0.4, 0.5) is 46.5 Å². The SMILES string of the molecule is CCC(C)(F)F.O=C(O)C1(COc2cc3c(cc2C(F)(F)F)N(c2ccc(F)cc2)CCCS3)CC2(CC(F)(F)C2)C1. The average Bonchev–Trinajstić information content (AvgIpc) is 3.06. The number of hydrogen-bond acceptors (Lipinski definition) is 4. The molecule has 1 heterocycles. The molecule has 0 bridgehead atoms. The summed E-state index contributed by atoms with van der Waals surface area (Å²) >= 11 is 1.35. The van der Waals surface area contributed by atoms with E-state index in [2.05, 4.69) is 0 Å². The number of thioether (sulfide) groups is 1. The first-order chi connectivity index (χ1) is 19.4. The van der Waals surface area contributed by atoms with Gasteiger partial charge in [0.25, 0.3) is 0 Å². The normalized spacial score (nSPS) is 20.3. The summed E-state index contributed by atoms with van der Waals surface area (Å²) in [6.07, 6.45) is -5.09. The lowest BCUT2D eigenvalue weighted by Gasteiger charge is -2.61. The van der Waals surface area contributed by atoms with E-state index < -0.39 is 71.4 Å². The number of carboxylic acids is 1. The first-order valence-corrected chi connectivity index (χ1v) is 14.4. The fraction of sp³-hybridized carbons (Fsp3) is 0.552. The molecule has 0 unspecified atom stereocenters. The van der Waals surface area contributed by atoms with Gasteiger partial charge in [0, 0.05) is 36.4 Å². The van der Waals surface area contributed by atoms with Crippen LogP contribution in [0.5, 0.6) is 5.75 Å². The summed E-state index contributed by atoms with van der Waals surface area (Å²) < 4.78 is 111. The number of aliphatic carboxylic acids is 1. The molecule has 232 valence electrons. The first kappa shape index (κ1) is 32.2. The zero-order valence-electron chi connectivity index (χ0n) is 23.0. The third kappa shape index (κ3) is 7.08. The molecule has 1 N–H and O–H groups in total. The standard InChI is InChI=1S/C25H23F6NO3S.C4H8F2/c26-15-2-4-16(5-3-15)32-6-1-7-36-20-9-19(17(8-18(20)32)25(29,30)31)35-14-23(21(33)34)10-22(11-23)12-24(27,28)13-22;1-3-4(2,5)6/h2-5,8-9H,1,6-7,10-14H2,(H,33,34);3H2,1-2H3. The van der Waals surface area contributed by atoms with Crippen molar-refractivity contribution in [3.63, 3.8) is 0 Å². The lowest BCUT2D eigenvalue weighted by atomic mass is 9.44. The highest BCUT2D eigenvalue weighted by Crippen LogP contribution is 2.69. The fourth-order valence-electron chi connectivity index (χ4n) is 5.84. The predicted octanol–water partition coefficient (Wildman–Crippen LogP) is 9.19. The largest absolute Gasteiger partial charge is 0.492 e. The van der Waals surface area contributed by atoms with Gasteiger partial charge in [0.15, 0.2) is 0 Å². The Bertz CT molecular complexity index is 1280. The molecular weight excluding hydrogens is 594 g/mol. The number of carbonyl (C=O) groups is 1. The van der Waals surface area contributed by atoms with Gasteiger partial charge < -0.3 is 14.7 Å². The summed E-state index contributed by atoms with van der Waals surface area (Å²) in [5.74, 6) is -6.86. The van der Waals surface area contributed by atoms with Crippen molar-refractivity contribution in [2.45, 2.75) is 75.3 Å². The minimum Gasteiger partial charge on any atom is -0.492 e. The van der Waals surface area contributed by atoms with Crippen molar-refractivity contribution in [1.29, 1.82) is 0 Å². The van der Waals surface area contributed by atoms with Crippen LogP contribution in [-0.2, 0) is 11.0 Å². The lowest BCUT2D eigenvalue weighted by molar-refractivity contribution is -0.240. The van der Waals surface area contributed by atoms with Crippen molar-refractivity contribution in [1.82, 2.24) is 0 Å². The van der Waals surface area contributed by atoms with E-state index in [1.54, 1.807) is 4.90 Å². The van der Waals surface area contributed by atoms with Gasteiger partial charge in [-0.2, -0.15) is 13.2 Å². The molecule has 0 radical (unpaired) electrons. The number of benzene rings is 2. The van der Waals surface area contributed by atoms with Crippen LogP contribution in [0.2, 0.25) is 0 Å². The van der Waals surface area contributed by atoms with Gasteiger partial charge in [-0.1, -0.05) is 6.92 Å². The summed E-state index contributed by atoms with van der Waals surface area (Å²) in [4.78, 5) is 14.2. The summed E-state index contributed by atoms with van der Waals surface area (Å²) in [5, 5.41) is 9.76. The molecule has 2 aromatic rings. The van der Waals surface area contributed by atoms with Crippen molar-refractivity contribution in [2.75, 3.05) is 23.8 Å². The number of hydrogen-bond donors (Lipinski definition) is 1. The Labute approximate surface area is 242 Å². The molecule has 0 saturated heterocycles. The molecule has 0 amide bonds. The summed E-state index contributed by atoms with van der Waals surface area (Å²) in [5.41, 5.74) is -2.49. The summed E-state index contributed by atoms with van der Waals surface area (Å²) in [7, 11) is 0. The Hall–Kier alpha value is -2.70. The van der Waals surface area contributed by atoms with Crippen molar-refractivity contribution in [2.24, 2.45) is 10.8 Å². The highest BCUT2D eigenvalue weighted by molar-refractivity contribution is 7.99. The van der Waals surface area contributed by atoms with Crippen molar-refractivity contribution < 1.29 is 49.8 Å². The molecule has 2 aromatic carbocycles. The zero-order chi connectivity index (χ0) is 31.1. The molecule has 1 aliphatic heterocycles. The van der Waals surface area contributed by atoms with E-state index in [4.69, 9.17) is 4.74 Å². The Morgan fingerprint density at radius 2 is 1.64 bits per heavy atom.